The van der Waals surface area contributed by atoms with Crippen molar-refractivity contribution < 1.29 is 0 Å². The molecule has 2 aliphatic heterocycles. The number of fused-ring (bicyclic) bond motifs is 2. The first-order valence-corrected chi connectivity index (χ1v) is 4.32. The largest absolute Gasteiger partial charge is 0.311 e. The quantitative estimate of drug-likeness (QED) is 0.532. The summed E-state index contributed by atoms with van der Waals surface area (Å²) in [5.41, 5.74) is 7.63. The van der Waals surface area contributed by atoms with Crippen molar-refractivity contribution in [1.82, 2.24) is 11.1 Å². The molecule has 1 radical (unpaired) electrons. The van der Waals surface area contributed by atoms with Gasteiger partial charge >= 0.3 is 0 Å². The van der Waals surface area contributed by atoms with Crippen LogP contribution in [0.25, 0.3) is 0 Å². The minimum atomic E-state index is 0.233. The predicted octanol–water partition coefficient (Wildman–Crippen LogP) is 0.942. The number of piperidine rings is 2. The third-order valence-electron chi connectivity index (χ3n) is 2.71. The Morgan fingerprint density at radius 3 is 2.30 bits per heavy atom. The Morgan fingerprint density at radius 2 is 1.70 bits per heavy atom. The third-order valence-corrected chi connectivity index (χ3v) is 2.71. The van der Waals surface area contributed by atoms with Crippen molar-refractivity contribution in [3.63, 3.8) is 0 Å². The zero-order valence-corrected chi connectivity index (χ0v) is 6.27. The van der Waals surface area contributed by atoms with Crippen molar-refractivity contribution in [2.45, 2.75) is 50.2 Å². The minimum absolute atomic E-state index is 0.233. The molecule has 57 valence electrons. The number of rotatable bonds is 0. The highest BCUT2D eigenvalue weighted by molar-refractivity contribution is 4.90. The monoisotopic (exact) mass is 139 g/mol. The topological polar surface area (TPSA) is 35.8 Å². The van der Waals surface area contributed by atoms with E-state index in [4.69, 9.17) is 5.73 Å². The molecule has 2 rings (SSSR count). The fourth-order valence-corrected chi connectivity index (χ4v) is 2.27. The van der Waals surface area contributed by atoms with Crippen molar-refractivity contribution in [2.24, 2.45) is 0 Å². The lowest BCUT2D eigenvalue weighted by Gasteiger charge is -2.38. The summed E-state index contributed by atoms with van der Waals surface area (Å²) in [5.74, 6) is 0. The normalized spacial score (nSPS) is 47.1. The first-order chi connectivity index (χ1) is 4.84. The van der Waals surface area contributed by atoms with E-state index in [-0.39, 0.29) is 6.04 Å². The summed E-state index contributed by atoms with van der Waals surface area (Å²) in [6, 6.07) is 1.61. The second-order valence-corrected chi connectivity index (χ2v) is 3.66. The van der Waals surface area contributed by atoms with Crippen molar-refractivity contribution in [2.75, 3.05) is 0 Å². The van der Waals surface area contributed by atoms with Gasteiger partial charge in [0.1, 0.15) is 0 Å². The van der Waals surface area contributed by atoms with E-state index < -0.39 is 0 Å². The molecule has 0 spiro atoms. The average molecular weight is 139 g/mol. The summed E-state index contributed by atoms with van der Waals surface area (Å²) in [5, 5.41) is 3.56. The zero-order valence-electron chi connectivity index (χ0n) is 6.27. The van der Waals surface area contributed by atoms with Crippen LogP contribution in [0.3, 0.4) is 0 Å². The van der Waals surface area contributed by atoms with Gasteiger partial charge in [-0.2, -0.15) is 0 Å². The predicted molar refractivity (Wildman–Crippen MR) is 40.7 cm³/mol. The van der Waals surface area contributed by atoms with Crippen molar-refractivity contribution >= 4 is 0 Å². The molecule has 0 saturated carbocycles. The van der Waals surface area contributed by atoms with Gasteiger partial charge in [-0.05, 0) is 25.7 Å². The van der Waals surface area contributed by atoms with Gasteiger partial charge in [-0.3, -0.25) is 5.73 Å². The van der Waals surface area contributed by atoms with Crippen molar-refractivity contribution in [3.8, 4) is 0 Å². The van der Waals surface area contributed by atoms with E-state index in [1.807, 2.05) is 0 Å². The molecule has 2 aliphatic rings. The zero-order chi connectivity index (χ0) is 6.97. The fourth-order valence-electron chi connectivity index (χ4n) is 2.27. The third kappa shape index (κ3) is 1.18. The van der Waals surface area contributed by atoms with E-state index in [0.717, 1.165) is 12.8 Å². The maximum absolute atomic E-state index is 7.63. The highest BCUT2D eigenvalue weighted by atomic mass is 15.0. The van der Waals surface area contributed by atoms with Crippen LogP contribution in [0.4, 0.5) is 0 Å². The molecule has 2 N–H and O–H groups in total. The smallest absolute Gasteiger partial charge is 0.0242 e. The van der Waals surface area contributed by atoms with Gasteiger partial charge < -0.3 is 5.32 Å². The molecule has 2 fully saturated rings. The molecule has 0 amide bonds. The van der Waals surface area contributed by atoms with Crippen LogP contribution in [0, 0.1) is 0 Å². The Bertz CT molecular complexity index is 108. The van der Waals surface area contributed by atoms with Crippen molar-refractivity contribution in [3.05, 3.63) is 0 Å². The summed E-state index contributed by atoms with van der Waals surface area (Å²) in [6.45, 7) is 0. The Labute approximate surface area is 62.2 Å². The summed E-state index contributed by atoms with van der Waals surface area (Å²) in [4.78, 5) is 0. The molecule has 0 aromatic carbocycles. The molecule has 2 unspecified atom stereocenters. The lowest BCUT2D eigenvalue weighted by molar-refractivity contribution is 0.219. The van der Waals surface area contributed by atoms with Crippen LogP contribution in [0.2, 0.25) is 0 Å². The standard InChI is InChI=1S/C8H15N2/c9-6-4-7-2-1-3-8(5-6)10-7/h6-10H,1-5H2. The Hall–Kier alpha value is -0.0800. The molecule has 0 aromatic rings. The van der Waals surface area contributed by atoms with Crippen LogP contribution in [-0.4, -0.2) is 18.1 Å². The summed E-state index contributed by atoms with van der Waals surface area (Å²) in [6.07, 6.45) is 6.19. The van der Waals surface area contributed by atoms with Crippen molar-refractivity contribution in [1.29, 1.82) is 0 Å². The molecular weight excluding hydrogens is 124 g/mol. The maximum Gasteiger partial charge on any atom is 0.0242 e. The van der Waals surface area contributed by atoms with Crippen LogP contribution < -0.4 is 11.1 Å². The lowest BCUT2D eigenvalue weighted by atomic mass is 9.84. The highest BCUT2D eigenvalue weighted by Crippen LogP contribution is 2.24. The van der Waals surface area contributed by atoms with E-state index in [1.165, 1.54) is 19.3 Å². The van der Waals surface area contributed by atoms with Gasteiger partial charge in [0.15, 0.2) is 0 Å². The maximum atomic E-state index is 7.63. The van der Waals surface area contributed by atoms with E-state index >= 15 is 0 Å². The Balaban J connectivity index is 1.98. The molecule has 0 aliphatic carbocycles. The van der Waals surface area contributed by atoms with Gasteiger partial charge in [-0.15, -0.1) is 0 Å². The van der Waals surface area contributed by atoms with E-state index in [1.54, 1.807) is 0 Å². The van der Waals surface area contributed by atoms with Gasteiger partial charge in [0.2, 0.25) is 0 Å². The first-order valence-electron chi connectivity index (χ1n) is 4.32. The lowest BCUT2D eigenvalue weighted by Crippen LogP contribution is -2.50. The second-order valence-electron chi connectivity index (χ2n) is 3.66. The molecular formula is C8H15N2. The first kappa shape index (κ1) is 6.62. The molecule has 2 heteroatoms. The number of nitrogens with one attached hydrogen (secondary N) is 2. The van der Waals surface area contributed by atoms with Gasteiger partial charge in [-0.25, -0.2) is 0 Å². The van der Waals surface area contributed by atoms with Crippen LogP contribution in [0.15, 0.2) is 0 Å². The molecule has 10 heavy (non-hydrogen) atoms. The van der Waals surface area contributed by atoms with Crippen LogP contribution >= 0.6 is 0 Å². The van der Waals surface area contributed by atoms with E-state index in [0.29, 0.717) is 12.1 Å². The minimum Gasteiger partial charge on any atom is -0.311 e. The molecule has 2 heterocycles. The fraction of sp³-hybridized carbons (Fsp3) is 1.00. The summed E-state index contributed by atoms with van der Waals surface area (Å²) in [7, 11) is 0. The molecule has 2 nitrogen and oxygen atoms in total. The van der Waals surface area contributed by atoms with Crippen LogP contribution in [0.5, 0.6) is 0 Å². The van der Waals surface area contributed by atoms with E-state index in [9.17, 15) is 0 Å². The molecule has 2 bridgehead atoms. The Morgan fingerprint density at radius 1 is 1.10 bits per heavy atom. The molecule has 2 atom stereocenters. The van der Waals surface area contributed by atoms with E-state index in [2.05, 4.69) is 5.32 Å². The van der Waals surface area contributed by atoms with Crippen LogP contribution in [-0.2, 0) is 0 Å². The second kappa shape index (κ2) is 2.51. The van der Waals surface area contributed by atoms with Crippen LogP contribution in [0.1, 0.15) is 32.1 Å². The highest BCUT2D eigenvalue weighted by Gasteiger charge is 2.29. The van der Waals surface area contributed by atoms with Gasteiger partial charge in [0.05, 0.1) is 0 Å². The number of hydrogen-bond donors (Lipinski definition) is 1. The average Bonchev–Trinajstić information content (AvgIpc) is 1.85. The van der Waals surface area contributed by atoms with Gasteiger partial charge in [-0.1, -0.05) is 6.42 Å². The molecule has 0 aromatic heterocycles. The Kier molecular flexibility index (Phi) is 1.66. The molecule has 2 saturated heterocycles. The SMILES string of the molecule is [NH]C1CC2CCCC(C1)N2. The van der Waals surface area contributed by atoms with Gasteiger partial charge in [0.25, 0.3) is 0 Å². The summed E-state index contributed by atoms with van der Waals surface area (Å²) < 4.78 is 0. The van der Waals surface area contributed by atoms with Gasteiger partial charge in [0, 0.05) is 18.1 Å². The summed E-state index contributed by atoms with van der Waals surface area (Å²) >= 11 is 0. The number of hydrogen-bond acceptors (Lipinski definition) is 1.